The van der Waals surface area contributed by atoms with Crippen molar-refractivity contribution in [3.8, 4) is 5.75 Å². The number of rotatable bonds is 8. The van der Waals surface area contributed by atoms with E-state index in [1.807, 2.05) is 0 Å². The maximum absolute atomic E-state index is 12.1. The molecule has 2 rings (SSSR count). The first-order chi connectivity index (χ1) is 13.5. The summed E-state index contributed by atoms with van der Waals surface area (Å²) in [5.74, 6) is -1.97. The van der Waals surface area contributed by atoms with Crippen LogP contribution in [0, 0.1) is 0 Å². The number of esters is 1. The van der Waals surface area contributed by atoms with E-state index in [1.54, 1.807) is 54.6 Å². The number of carbonyl (C=O) groups excluding carboxylic acids is 4. The summed E-state index contributed by atoms with van der Waals surface area (Å²) in [6.07, 6.45) is -0.124. The molecule has 0 spiro atoms. The lowest BCUT2D eigenvalue weighted by Gasteiger charge is -2.09. The van der Waals surface area contributed by atoms with E-state index in [0.29, 0.717) is 16.9 Å². The fourth-order valence-electron chi connectivity index (χ4n) is 2.25. The Kier molecular flexibility index (Phi) is 7.71. The summed E-state index contributed by atoms with van der Waals surface area (Å²) >= 11 is 0. The third-order valence-electron chi connectivity index (χ3n) is 3.62. The Morgan fingerprint density at radius 2 is 1.57 bits per heavy atom. The summed E-state index contributed by atoms with van der Waals surface area (Å²) in [4.78, 5) is 47.2. The van der Waals surface area contributed by atoms with Crippen LogP contribution in [-0.4, -0.2) is 44.0 Å². The molecule has 0 aliphatic carbocycles. The van der Waals surface area contributed by atoms with E-state index in [2.05, 4.69) is 10.6 Å². The highest BCUT2D eigenvalue weighted by atomic mass is 16.5. The van der Waals surface area contributed by atoms with Crippen molar-refractivity contribution in [1.29, 1.82) is 0 Å². The fraction of sp³-hybridized carbons (Fsp3) is 0.200. The summed E-state index contributed by atoms with van der Waals surface area (Å²) < 4.78 is 9.89. The molecule has 146 valence electrons. The minimum Gasteiger partial charge on any atom is -0.496 e. The topological polar surface area (TPSA) is 111 Å². The molecule has 0 unspecified atom stereocenters. The SMILES string of the molecule is COc1ccccc1C(=O)NCCC(=O)OCC(=O)NC(=O)c1ccccc1. The Hall–Kier alpha value is -3.68. The highest BCUT2D eigenvalue weighted by Crippen LogP contribution is 2.16. The molecule has 0 bridgehead atoms. The highest BCUT2D eigenvalue weighted by Gasteiger charge is 2.14. The molecule has 2 aromatic carbocycles. The van der Waals surface area contributed by atoms with Gasteiger partial charge in [-0.3, -0.25) is 24.5 Å². The molecule has 0 radical (unpaired) electrons. The standard InChI is InChI=1S/C20H20N2O6/c1-27-16-10-6-5-9-15(16)20(26)21-12-11-18(24)28-13-17(23)22-19(25)14-7-3-2-4-8-14/h2-10H,11-13H2,1H3,(H,21,26)(H,22,23,25). The number of ether oxygens (including phenoxy) is 2. The van der Waals surface area contributed by atoms with E-state index < -0.39 is 30.3 Å². The summed E-state index contributed by atoms with van der Waals surface area (Å²) in [6, 6.07) is 14.9. The van der Waals surface area contributed by atoms with Gasteiger partial charge in [-0.05, 0) is 24.3 Å². The first-order valence-corrected chi connectivity index (χ1v) is 8.47. The number of amides is 3. The monoisotopic (exact) mass is 384 g/mol. The predicted octanol–water partition coefficient (Wildman–Crippen LogP) is 1.31. The lowest BCUT2D eigenvalue weighted by atomic mass is 10.2. The van der Waals surface area contributed by atoms with E-state index in [-0.39, 0.29) is 13.0 Å². The molecular weight excluding hydrogens is 364 g/mol. The van der Waals surface area contributed by atoms with Gasteiger partial charge in [-0.2, -0.15) is 0 Å². The predicted molar refractivity (Wildman–Crippen MR) is 99.8 cm³/mol. The van der Waals surface area contributed by atoms with E-state index in [1.165, 1.54) is 7.11 Å². The highest BCUT2D eigenvalue weighted by molar-refractivity contribution is 6.05. The Bertz CT molecular complexity index is 851. The summed E-state index contributed by atoms with van der Waals surface area (Å²) in [6.45, 7) is -0.557. The quantitative estimate of drug-likeness (QED) is 0.664. The van der Waals surface area contributed by atoms with Crippen LogP contribution in [0.5, 0.6) is 5.75 Å². The van der Waals surface area contributed by atoms with Crippen LogP contribution >= 0.6 is 0 Å². The second kappa shape index (κ2) is 10.5. The van der Waals surface area contributed by atoms with Crippen LogP contribution in [-0.2, 0) is 14.3 Å². The number of hydrogen-bond acceptors (Lipinski definition) is 6. The number of carbonyl (C=O) groups is 4. The lowest BCUT2D eigenvalue weighted by molar-refractivity contribution is -0.148. The van der Waals surface area contributed by atoms with Crippen molar-refractivity contribution in [2.45, 2.75) is 6.42 Å². The van der Waals surface area contributed by atoms with Crippen molar-refractivity contribution in [2.75, 3.05) is 20.3 Å². The molecule has 0 heterocycles. The number of nitrogens with one attached hydrogen (secondary N) is 2. The molecule has 0 saturated carbocycles. The lowest BCUT2D eigenvalue weighted by Crippen LogP contribution is -2.34. The smallest absolute Gasteiger partial charge is 0.308 e. The van der Waals surface area contributed by atoms with Gasteiger partial charge in [0, 0.05) is 12.1 Å². The molecule has 0 aliphatic heterocycles. The van der Waals surface area contributed by atoms with Crippen LogP contribution < -0.4 is 15.4 Å². The van der Waals surface area contributed by atoms with Gasteiger partial charge in [-0.15, -0.1) is 0 Å². The van der Waals surface area contributed by atoms with Gasteiger partial charge >= 0.3 is 5.97 Å². The molecule has 2 N–H and O–H groups in total. The molecule has 8 heteroatoms. The van der Waals surface area contributed by atoms with Gasteiger partial charge in [0.2, 0.25) is 0 Å². The Balaban J connectivity index is 1.69. The molecule has 2 aromatic rings. The van der Waals surface area contributed by atoms with E-state index in [9.17, 15) is 19.2 Å². The minimum absolute atomic E-state index is 0.0281. The third kappa shape index (κ3) is 6.24. The number of imide groups is 1. The Morgan fingerprint density at radius 3 is 2.29 bits per heavy atom. The van der Waals surface area contributed by atoms with Crippen LogP contribution in [0.15, 0.2) is 54.6 Å². The van der Waals surface area contributed by atoms with Crippen LogP contribution in [0.25, 0.3) is 0 Å². The molecule has 28 heavy (non-hydrogen) atoms. The molecule has 0 atom stereocenters. The number of hydrogen-bond donors (Lipinski definition) is 2. The molecular formula is C20H20N2O6. The molecule has 0 fully saturated rings. The van der Waals surface area contributed by atoms with Gasteiger partial charge in [-0.25, -0.2) is 0 Å². The summed E-state index contributed by atoms with van der Waals surface area (Å²) in [7, 11) is 1.46. The maximum Gasteiger partial charge on any atom is 0.308 e. The van der Waals surface area contributed by atoms with Crippen molar-refractivity contribution in [3.63, 3.8) is 0 Å². The Morgan fingerprint density at radius 1 is 0.893 bits per heavy atom. The van der Waals surface area contributed by atoms with Gasteiger partial charge < -0.3 is 14.8 Å². The number of benzene rings is 2. The van der Waals surface area contributed by atoms with Crippen LogP contribution in [0.3, 0.4) is 0 Å². The van der Waals surface area contributed by atoms with Gasteiger partial charge in [0.05, 0.1) is 19.1 Å². The summed E-state index contributed by atoms with van der Waals surface area (Å²) in [5, 5.41) is 4.69. The number of methoxy groups -OCH3 is 1. The third-order valence-corrected chi connectivity index (χ3v) is 3.62. The largest absolute Gasteiger partial charge is 0.496 e. The molecule has 0 aliphatic rings. The average Bonchev–Trinajstić information content (AvgIpc) is 2.72. The van der Waals surface area contributed by atoms with Crippen molar-refractivity contribution in [2.24, 2.45) is 0 Å². The van der Waals surface area contributed by atoms with Crippen LogP contribution in [0.1, 0.15) is 27.1 Å². The summed E-state index contributed by atoms with van der Waals surface area (Å²) in [5.41, 5.74) is 0.665. The Labute approximate surface area is 161 Å². The minimum atomic E-state index is -0.736. The van der Waals surface area contributed by atoms with Crippen molar-refractivity contribution < 1.29 is 28.7 Å². The van der Waals surface area contributed by atoms with Crippen LogP contribution in [0.2, 0.25) is 0 Å². The zero-order chi connectivity index (χ0) is 20.4. The van der Waals surface area contributed by atoms with Crippen molar-refractivity contribution >= 4 is 23.7 Å². The number of para-hydroxylation sites is 1. The zero-order valence-electron chi connectivity index (χ0n) is 15.3. The van der Waals surface area contributed by atoms with Crippen molar-refractivity contribution in [1.82, 2.24) is 10.6 Å². The first kappa shape index (κ1) is 20.6. The van der Waals surface area contributed by atoms with Crippen molar-refractivity contribution in [3.05, 3.63) is 65.7 Å². The molecule has 8 nitrogen and oxygen atoms in total. The molecule has 0 aromatic heterocycles. The fourth-order valence-corrected chi connectivity index (χ4v) is 2.25. The molecule has 0 saturated heterocycles. The maximum atomic E-state index is 12.1. The second-order valence-corrected chi connectivity index (χ2v) is 5.61. The average molecular weight is 384 g/mol. The van der Waals surface area contributed by atoms with E-state index >= 15 is 0 Å². The van der Waals surface area contributed by atoms with Gasteiger partial charge in [0.25, 0.3) is 17.7 Å². The first-order valence-electron chi connectivity index (χ1n) is 8.47. The zero-order valence-corrected chi connectivity index (χ0v) is 15.3. The molecule has 3 amide bonds. The normalized spacial score (nSPS) is 9.89. The van der Waals surface area contributed by atoms with Crippen LogP contribution in [0.4, 0.5) is 0 Å². The van der Waals surface area contributed by atoms with Gasteiger partial charge in [-0.1, -0.05) is 30.3 Å². The van der Waals surface area contributed by atoms with E-state index in [0.717, 1.165) is 0 Å². The van der Waals surface area contributed by atoms with E-state index in [4.69, 9.17) is 9.47 Å². The van der Waals surface area contributed by atoms with Gasteiger partial charge in [0.15, 0.2) is 6.61 Å². The second-order valence-electron chi connectivity index (χ2n) is 5.61. The van der Waals surface area contributed by atoms with Gasteiger partial charge in [0.1, 0.15) is 5.75 Å².